The van der Waals surface area contributed by atoms with E-state index in [-0.39, 0.29) is 23.7 Å². The zero-order valence-electron chi connectivity index (χ0n) is 11.1. The van der Waals surface area contributed by atoms with Crippen LogP contribution >= 0.6 is 0 Å². The van der Waals surface area contributed by atoms with Crippen molar-refractivity contribution in [2.75, 3.05) is 12.4 Å². The number of hydrogen-bond acceptors (Lipinski definition) is 4. The molecular formula is C13H16FNO3S. The van der Waals surface area contributed by atoms with Crippen LogP contribution in [-0.2, 0) is 9.84 Å². The summed E-state index contributed by atoms with van der Waals surface area (Å²) < 4.78 is 41.3. The van der Waals surface area contributed by atoms with E-state index in [0.29, 0.717) is 0 Å². The minimum atomic E-state index is -3.29. The quantitative estimate of drug-likeness (QED) is 0.851. The number of hydrogen-bond donors (Lipinski definition) is 0. The summed E-state index contributed by atoms with van der Waals surface area (Å²) in [5.41, 5.74) is 0.187. The van der Waals surface area contributed by atoms with E-state index in [2.05, 4.69) is 0 Å². The van der Waals surface area contributed by atoms with Crippen LogP contribution in [0.25, 0.3) is 0 Å². The lowest BCUT2D eigenvalue weighted by molar-refractivity contribution is 0.321. The fourth-order valence-electron chi connectivity index (χ4n) is 1.25. The standard InChI is InChI=1S/C13H16FNO3S/c1-13(2,3)19(16,17)7-6-18-12-5-4-10(9-15)8-11(12)14/h4-5,8H,6-7H2,1-3H3. The third kappa shape index (κ3) is 3.93. The molecule has 0 unspecified atom stereocenters. The Morgan fingerprint density at radius 1 is 1.37 bits per heavy atom. The molecule has 0 heterocycles. The summed E-state index contributed by atoms with van der Waals surface area (Å²) in [6.07, 6.45) is 0. The van der Waals surface area contributed by atoms with Gasteiger partial charge in [-0.15, -0.1) is 0 Å². The van der Waals surface area contributed by atoms with Crippen molar-refractivity contribution in [1.82, 2.24) is 0 Å². The first-order valence-electron chi connectivity index (χ1n) is 5.72. The van der Waals surface area contributed by atoms with Crippen LogP contribution in [0, 0.1) is 17.1 Å². The summed E-state index contributed by atoms with van der Waals surface area (Å²) in [6.45, 7) is 4.68. The molecule has 4 nitrogen and oxygen atoms in total. The molecule has 0 bridgehead atoms. The summed E-state index contributed by atoms with van der Waals surface area (Å²) in [6, 6.07) is 5.58. The summed E-state index contributed by atoms with van der Waals surface area (Å²) in [4.78, 5) is 0. The van der Waals surface area contributed by atoms with E-state index in [9.17, 15) is 12.8 Å². The van der Waals surface area contributed by atoms with E-state index in [1.807, 2.05) is 0 Å². The first-order valence-corrected chi connectivity index (χ1v) is 7.37. The minimum Gasteiger partial charge on any atom is -0.489 e. The number of nitriles is 1. The molecule has 0 aromatic heterocycles. The van der Waals surface area contributed by atoms with Crippen LogP contribution in [0.3, 0.4) is 0 Å². The van der Waals surface area contributed by atoms with Gasteiger partial charge >= 0.3 is 0 Å². The van der Waals surface area contributed by atoms with Crippen molar-refractivity contribution in [1.29, 1.82) is 5.26 Å². The Labute approximate surface area is 112 Å². The van der Waals surface area contributed by atoms with E-state index in [0.717, 1.165) is 6.07 Å². The average Bonchev–Trinajstić information content (AvgIpc) is 2.29. The van der Waals surface area contributed by atoms with Crippen molar-refractivity contribution < 1.29 is 17.5 Å². The SMILES string of the molecule is CC(C)(C)S(=O)(=O)CCOc1ccc(C#N)cc1F. The highest BCUT2D eigenvalue weighted by molar-refractivity contribution is 7.92. The molecule has 0 N–H and O–H groups in total. The lowest BCUT2D eigenvalue weighted by Gasteiger charge is -2.19. The second kappa shape index (κ2) is 5.57. The van der Waals surface area contributed by atoms with Crippen LogP contribution in [0.15, 0.2) is 18.2 Å². The van der Waals surface area contributed by atoms with Crippen molar-refractivity contribution in [3.05, 3.63) is 29.6 Å². The van der Waals surface area contributed by atoms with Gasteiger partial charge in [-0.1, -0.05) is 0 Å². The fourth-order valence-corrected chi connectivity index (χ4v) is 2.17. The van der Waals surface area contributed by atoms with Crippen LogP contribution in [0.2, 0.25) is 0 Å². The molecule has 0 aliphatic carbocycles. The molecular weight excluding hydrogens is 269 g/mol. The van der Waals surface area contributed by atoms with Gasteiger partial charge < -0.3 is 4.74 Å². The zero-order valence-corrected chi connectivity index (χ0v) is 11.9. The molecule has 0 fully saturated rings. The molecule has 0 aliphatic rings. The molecule has 1 rings (SSSR count). The van der Waals surface area contributed by atoms with Gasteiger partial charge in [0.2, 0.25) is 0 Å². The number of sulfone groups is 1. The molecule has 1 aromatic rings. The molecule has 0 amide bonds. The lowest BCUT2D eigenvalue weighted by Crippen LogP contribution is -2.32. The number of halogens is 1. The molecule has 0 radical (unpaired) electrons. The Bertz CT molecular complexity index is 597. The minimum absolute atomic E-state index is 0.0527. The van der Waals surface area contributed by atoms with Gasteiger partial charge in [0.15, 0.2) is 21.4 Å². The molecule has 0 spiro atoms. The van der Waals surface area contributed by atoms with E-state index in [1.54, 1.807) is 26.8 Å². The number of ether oxygens (including phenoxy) is 1. The Kier molecular flexibility index (Phi) is 4.53. The van der Waals surface area contributed by atoms with E-state index < -0.39 is 20.4 Å². The van der Waals surface area contributed by atoms with Crippen LogP contribution in [0.1, 0.15) is 26.3 Å². The van der Waals surface area contributed by atoms with E-state index in [1.165, 1.54) is 12.1 Å². The maximum atomic E-state index is 13.5. The monoisotopic (exact) mass is 285 g/mol. The van der Waals surface area contributed by atoms with Gasteiger partial charge in [-0.2, -0.15) is 5.26 Å². The van der Waals surface area contributed by atoms with Gasteiger partial charge in [-0.25, -0.2) is 12.8 Å². The lowest BCUT2D eigenvalue weighted by atomic mass is 10.2. The largest absolute Gasteiger partial charge is 0.489 e. The van der Waals surface area contributed by atoms with Crippen molar-refractivity contribution in [2.24, 2.45) is 0 Å². The van der Waals surface area contributed by atoms with Crippen molar-refractivity contribution >= 4 is 9.84 Å². The Hall–Kier alpha value is -1.61. The highest BCUT2D eigenvalue weighted by Crippen LogP contribution is 2.19. The summed E-state index contributed by atoms with van der Waals surface area (Å²) in [7, 11) is -3.29. The number of nitrogens with zero attached hydrogens (tertiary/aromatic N) is 1. The van der Waals surface area contributed by atoms with Gasteiger partial charge in [-0.3, -0.25) is 0 Å². The zero-order chi connectivity index (χ0) is 14.7. The maximum Gasteiger partial charge on any atom is 0.166 e. The topological polar surface area (TPSA) is 67.2 Å². The van der Waals surface area contributed by atoms with E-state index >= 15 is 0 Å². The summed E-state index contributed by atoms with van der Waals surface area (Å²) >= 11 is 0. The summed E-state index contributed by atoms with van der Waals surface area (Å²) in [5, 5.41) is 8.59. The second-order valence-electron chi connectivity index (χ2n) is 5.04. The van der Waals surface area contributed by atoms with Gasteiger partial charge in [0.25, 0.3) is 0 Å². The number of benzene rings is 1. The Morgan fingerprint density at radius 2 is 2.00 bits per heavy atom. The van der Waals surface area contributed by atoms with Crippen LogP contribution in [0.4, 0.5) is 4.39 Å². The van der Waals surface area contributed by atoms with Gasteiger partial charge in [0.05, 0.1) is 22.1 Å². The Balaban J connectivity index is 2.68. The van der Waals surface area contributed by atoms with Gasteiger partial charge in [0, 0.05) is 0 Å². The molecule has 6 heteroatoms. The highest BCUT2D eigenvalue weighted by Gasteiger charge is 2.28. The van der Waals surface area contributed by atoms with Gasteiger partial charge in [0.1, 0.15) is 6.61 Å². The first-order chi connectivity index (χ1) is 8.67. The van der Waals surface area contributed by atoms with Crippen LogP contribution in [0.5, 0.6) is 5.75 Å². The molecule has 0 saturated heterocycles. The van der Waals surface area contributed by atoms with Crippen molar-refractivity contribution in [2.45, 2.75) is 25.5 Å². The third-order valence-corrected chi connectivity index (χ3v) is 5.17. The Morgan fingerprint density at radius 3 is 2.47 bits per heavy atom. The predicted octanol–water partition coefficient (Wildman–Crippen LogP) is 2.29. The maximum absolute atomic E-state index is 13.5. The van der Waals surface area contributed by atoms with Crippen LogP contribution < -0.4 is 4.74 Å². The average molecular weight is 285 g/mol. The molecule has 19 heavy (non-hydrogen) atoms. The predicted molar refractivity (Wildman–Crippen MR) is 70.1 cm³/mol. The smallest absolute Gasteiger partial charge is 0.166 e. The van der Waals surface area contributed by atoms with Crippen LogP contribution in [-0.4, -0.2) is 25.5 Å². The third-order valence-electron chi connectivity index (χ3n) is 2.60. The molecule has 0 aliphatic heterocycles. The molecule has 0 atom stereocenters. The highest BCUT2D eigenvalue weighted by atomic mass is 32.2. The molecule has 104 valence electrons. The molecule has 1 aromatic carbocycles. The first kappa shape index (κ1) is 15.4. The van der Waals surface area contributed by atoms with Crippen molar-refractivity contribution in [3.8, 4) is 11.8 Å². The second-order valence-corrected chi connectivity index (χ2v) is 7.90. The normalized spacial score (nSPS) is 11.9. The summed E-state index contributed by atoms with van der Waals surface area (Å²) in [5.74, 6) is -0.911. The molecule has 0 saturated carbocycles. The van der Waals surface area contributed by atoms with E-state index in [4.69, 9.17) is 10.00 Å². The van der Waals surface area contributed by atoms with Gasteiger partial charge in [-0.05, 0) is 39.0 Å². The number of rotatable bonds is 4. The van der Waals surface area contributed by atoms with Crippen molar-refractivity contribution in [3.63, 3.8) is 0 Å². The fraction of sp³-hybridized carbons (Fsp3) is 0.462.